The van der Waals surface area contributed by atoms with Crippen molar-refractivity contribution >= 4 is 16.9 Å². The van der Waals surface area contributed by atoms with Gasteiger partial charge >= 0.3 is 0 Å². The van der Waals surface area contributed by atoms with Gasteiger partial charge in [0.1, 0.15) is 5.60 Å². The largest absolute Gasteiger partial charge is 0.349 e. The van der Waals surface area contributed by atoms with Gasteiger partial charge in [0, 0.05) is 4.90 Å². The zero-order chi connectivity index (χ0) is 14.2. The molecule has 0 saturated carbocycles. The van der Waals surface area contributed by atoms with Crippen LogP contribution in [0.5, 0.6) is 0 Å². The normalized spacial score (nSPS) is 28.1. The Morgan fingerprint density at radius 2 is 1.50 bits per heavy atom. The van der Waals surface area contributed by atoms with E-state index in [1.54, 1.807) is 0 Å². The van der Waals surface area contributed by atoms with E-state index in [1.165, 1.54) is 11.8 Å². The smallest absolute Gasteiger partial charge is 0.228 e. The zero-order valence-electron chi connectivity index (χ0n) is 11.5. The van der Waals surface area contributed by atoms with Crippen LogP contribution in [0.15, 0.2) is 65.6 Å². The van der Waals surface area contributed by atoms with Crippen molar-refractivity contribution < 1.29 is 9.53 Å². The zero-order valence-corrected chi connectivity index (χ0v) is 12.3. The maximum Gasteiger partial charge on any atom is 0.228 e. The quantitative estimate of drug-likeness (QED) is 0.630. The van der Waals surface area contributed by atoms with Gasteiger partial charge in [0.25, 0.3) is 0 Å². The van der Waals surface area contributed by atoms with Crippen LogP contribution in [0, 0.1) is 0 Å². The van der Waals surface area contributed by atoms with Gasteiger partial charge in [-0.1, -0.05) is 48.5 Å². The van der Waals surface area contributed by atoms with Gasteiger partial charge in [-0.3, -0.25) is 4.79 Å². The second-order valence-corrected chi connectivity index (χ2v) is 6.28. The second-order valence-electron chi connectivity index (χ2n) is 5.24. The number of carbonyl (C=O) groups excluding carboxylic acids is 1. The van der Waals surface area contributed by atoms with Crippen molar-refractivity contribution in [1.82, 2.24) is 0 Å². The van der Waals surface area contributed by atoms with E-state index in [1.807, 2.05) is 74.5 Å². The average molecular weight is 284 g/mol. The molecule has 1 aliphatic heterocycles. The number of hydrogen-bond donors (Lipinski definition) is 0. The summed E-state index contributed by atoms with van der Waals surface area (Å²) in [4.78, 5) is 13.5. The Kier molecular flexibility index (Phi) is 3.19. The first-order valence-corrected chi connectivity index (χ1v) is 7.41. The van der Waals surface area contributed by atoms with Crippen LogP contribution in [0.1, 0.15) is 19.4 Å². The van der Waals surface area contributed by atoms with Crippen molar-refractivity contribution in [1.29, 1.82) is 0 Å². The summed E-state index contributed by atoms with van der Waals surface area (Å²) in [7, 11) is 0. The molecule has 0 bridgehead atoms. The number of ether oxygens (including phenoxy) is 1. The van der Waals surface area contributed by atoms with Gasteiger partial charge in [0.15, 0.2) is 5.60 Å². The summed E-state index contributed by atoms with van der Waals surface area (Å²) < 4.78 is 5.84. The lowest BCUT2D eigenvalue weighted by Crippen LogP contribution is -2.25. The average Bonchev–Trinajstić information content (AvgIpc) is 3.06. The van der Waals surface area contributed by atoms with E-state index in [0.717, 1.165) is 10.5 Å². The minimum atomic E-state index is -0.755. The lowest BCUT2D eigenvalue weighted by Gasteiger charge is -2.11. The second kappa shape index (κ2) is 4.76. The van der Waals surface area contributed by atoms with Gasteiger partial charge in [0.2, 0.25) is 5.12 Å². The topological polar surface area (TPSA) is 29.6 Å². The van der Waals surface area contributed by atoms with Crippen LogP contribution < -0.4 is 0 Å². The molecule has 1 heterocycles. The van der Waals surface area contributed by atoms with Crippen LogP contribution in [0.2, 0.25) is 0 Å². The molecule has 20 heavy (non-hydrogen) atoms. The fourth-order valence-corrected chi connectivity index (χ4v) is 3.34. The van der Waals surface area contributed by atoms with Crippen LogP contribution in [0.4, 0.5) is 0 Å². The predicted molar refractivity (Wildman–Crippen MR) is 80.6 cm³/mol. The van der Waals surface area contributed by atoms with Crippen molar-refractivity contribution in [3.8, 4) is 0 Å². The van der Waals surface area contributed by atoms with Gasteiger partial charge in [-0.05, 0) is 43.3 Å². The molecule has 3 heteroatoms. The summed E-state index contributed by atoms with van der Waals surface area (Å²) in [5.74, 6) is 0. The van der Waals surface area contributed by atoms with Crippen molar-refractivity contribution in [2.45, 2.75) is 29.9 Å². The Morgan fingerprint density at radius 1 is 0.950 bits per heavy atom. The molecule has 2 aromatic carbocycles. The summed E-state index contributed by atoms with van der Waals surface area (Å²) in [6.45, 7) is 3.85. The molecule has 2 nitrogen and oxygen atoms in total. The molecule has 0 spiro atoms. The number of hydrogen-bond acceptors (Lipinski definition) is 3. The SMILES string of the molecule is C[C@@]1(C(=O)Sc2ccccc2)O[C@@]1(C)c1ccccc1. The fraction of sp³-hybridized carbons (Fsp3) is 0.235. The molecule has 0 radical (unpaired) electrons. The minimum absolute atomic E-state index is 0.0510. The first kappa shape index (κ1) is 13.4. The van der Waals surface area contributed by atoms with Gasteiger partial charge in [-0.25, -0.2) is 0 Å². The third-order valence-electron chi connectivity index (χ3n) is 3.94. The van der Waals surface area contributed by atoms with Crippen LogP contribution in [0.25, 0.3) is 0 Å². The van der Waals surface area contributed by atoms with Gasteiger partial charge in [0.05, 0.1) is 0 Å². The number of epoxide rings is 1. The van der Waals surface area contributed by atoms with E-state index in [9.17, 15) is 4.79 Å². The molecule has 1 aliphatic rings. The lowest BCUT2D eigenvalue weighted by atomic mass is 9.90. The molecule has 3 rings (SSSR count). The van der Waals surface area contributed by atoms with E-state index in [4.69, 9.17) is 4.74 Å². The number of thioether (sulfide) groups is 1. The van der Waals surface area contributed by atoms with Crippen LogP contribution in [-0.4, -0.2) is 10.7 Å². The highest BCUT2D eigenvalue weighted by Crippen LogP contribution is 2.57. The predicted octanol–water partition coefficient (Wildman–Crippen LogP) is 4.01. The van der Waals surface area contributed by atoms with Gasteiger partial charge < -0.3 is 4.74 Å². The molecule has 0 unspecified atom stereocenters. The third-order valence-corrected chi connectivity index (χ3v) is 5.03. The molecule has 1 saturated heterocycles. The first-order valence-electron chi connectivity index (χ1n) is 6.59. The number of benzene rings is 2. The molecule has 2 aromatic rings. The van der Waals surface area contributed by atoms with E-state index in [-0.39, 0.29) is 5.12 Å². The molecule has 0 aliphatic carbocycles. The maximum absolute atomic E-state index is 12.5. The standard InChI is InChI=1S/C17H16O2S/c1-16(13-9-5-3-6-10-13)17(2,19-16)15(18)20-14-11-7-4-8-12-14/h3-12H,1-2H3/t16-,17-/m0/s1. The van der Waals surface area contributed by atoms with Crippen molar-refractivity contribution in [3.63, 3.8) is 0 Å². The highest BCUT2D eigenvalue weighted by molar-refractivity contribution is 8.13. The highest BCUT2D eigenvalue weighted by atomic mass is 32.2. The molecule has 0 amide bonds. The van der Waals surface area contributed by atoms with Crippen LogP contribution in [0.3, 0.4) is 0 Å². The summed E-state index contributed by atoms with van der Waals surface area (Å²) in [6, 6.07) is 19.6. The molecule has 102 valence electrons. The monoisotopic (exact) mass is 284 g/mol. The van der Waals surface area contributed by atoms with E-state index in [0.29, 0.717) is 0 Å². The maximum atomic E-state index is 12.5. The van der Waals surface area contributed by atoms with E-state index in [2.05, 4.69) is 0 Å². The van der Waals surface area contributed by atoms with Crippen molar-refractivity contribution in [3.05, 3.63) is 66.2 Å². The summed E-state index contributed by atoms with van der Waals surface area (Å²) in [6.07, 6.45) is 0. The number of rotatable bonds is 3. The molecule has 0 aromatic heterocycles. The number of carbonyl (C=O) groups is 1. The van der Waals surface area contributed by atoms with Crippen LogP contribution >= 0.6 is 11.8 Å². The molecule has 0 N–H and O–H groups in total. The van der Waals surface area contributed by atoms with E-state index >= 15 is 0 Å². The molecular weight excluding hydrogens is 268 g/mol. The van der Waals surface area contributed by atoms with Crippen molar-refractivity contribution in [2.24, 2.45) is 0 Å². The van der Waals surface area contributed by atoms with Gasteiger partial charge in [-0.2, -0.15) is 0 Å². The molecular formula is C17H16O2S. The van der Waals surface area contributed by atoms with Crippen LogP contribution in [-0.2, 0) is 15.1 Å². The van der Waals surface area contributed by atoms with Crippen molar-refractivity contribution in [2.75, 3.05) is 0 Å². The third kappa shape index (κ3) is 2.07. The fourth-order valence-electron chi connectivity index (χ4n) is 2.40. The first-order chi connectivity index (χ1) is 9.56. The summed E-state index contributed by atoms with van der Waals surface area (Å²) >= 11 is 1.25. The molecule has 1 fully saturated rings. The summed E-state index contributed by atoms with van der Waals surface area (Å²) in [5.41, 5.74) is -0.230. The Hall–Kier alpha value is -1.58. The Bertz CT molecular complexity index is 626. The minimum Gasteiger partial charge on any atom is -0.349 e. The Morgan fingerprint density at radius 3 is 2.10 bits per heavy atom. The molecule has 2 atom stereocenters. The Labute approximate surface area is 123 Å². The Balaban J connectivity index is 1.80. The highest BCUT2D eigenvalue weighted by Gasteiger charge is 2.69. The van der Waals surface area contributed by atoms with E-state index < -0.39 is 11.2 Å². The lowest BCUT2D eigenvalue weighted by molar-refractivity contribution is -0.115. The summed E-state index contributed by atoms with van der Waals surface area (Å²) in [5, 5.41) is 0.0510. The van der Waals surface area contributed by atoms with Gasteiger partial charge in [-0.15, -0.1) is 0 Å².